The second kappa shape index (κ2) is 10.8. The van der Waals surface area contributed by atoms with E-state index >= 15 is 0 Å². The minimum Gasteiger partial charge on any atom is -0.377 e. The average Bonchev–Trinajstić information content (AvgIpc) is 2.63. The highest BCUT2D eigenvalue weighted by Gasteiger charge is 2.20. The molecule has 2 amide bonds. The van der Waals surface area contributed by atoms with Crippen molar-refractivity contribution in [1.29, 1.82) is 0 Å². The van der Waals surface area contributed by atoms with E-state index in [0.717, 1.165) is 31.4 Å². The van der Waals surface area contributed by atoms with E-state index in [1.165, 1.54) is 0 Å². The first kappa shape index (κ1) is 22.0. The van der Waals surface area contributed by atoms with Gasteiger partial charge in [-0.25, -0.2) is 0 Å². The molecule has 0 saturated carbocycles. The second-order valence-electron chi connectivity index (χ2n) is 6.84. The van der Waals surface area contributed by atoms with Gasteiger partial charge in [0.05, 0.1) is 5.56 Å². The monoisotopic (exact) mass is 361 g/mol. The third kappa shape index (κ3) is 5.75. The molecular weight excluding hydrogens is 326 g/mol. The summed E-state index contributed by atoms with van der Waals surface area (Å²) in [6.45, 7) is 9.45. The lowest BCUT2D eigenvalue weighted by Crippen LogP contribution is -2.32. The lowest BCUT2D eigenvalue weighted by molar-refractivity contribution is -0.120. The molecule has 1 N–H and O–H groups in total. The van der Waals surface area contributed by atoms with Crippen molar-refractivity contribution in [2.75, 3.05) is 37.4 Å². The number of hydrogen-bond donors (Lipinski definition) is 1. The Morgan fingerprint density at radius 1 is 1.08 bits per heavy atom. The zero-order chi connectivity index (χ0) is 19.7. The van der Waals surface area contributed by atoms with Gasteiger partial charge in [-0.15, -0.1) is 0 Å². The Morgan fingerprint density at radius 2 is 1.73 bits per heavy atom. The molecule has 26 heavy (non-hydrogen) atoms. The van der Waals surface area contributed by atoms with Crippen LogP contribution in [-0.4, -0.2) is 43.9 Å². The number of amides is 2. The standard InChI is InChI=1S/C21H35N3O2/c1-7-11-12-16(8-2)20(25)22-17-13-14-19(23(5)6)18(15-17)21(26)24(9-3)10-4/h13-16H,7-12H2,1-6H3,(H,22,25). The van der Waals surface area contributed by atoms with Gasteiger partial charge >= 0.3 is 0 Å². The second-order valence-corrected chi connectivity index (χ2v) is 6.84. The number of benzene rings is 1. The third-order valence-electron chi connectivity index (χ3n) is 4.80. The molecule has 5 heteroatoms. The first-order valence-corrected chi connectivity index (χ1v) is 9.80. The third-order valence-corrected chi connectivity index (χ3v) is 4.80. The summed E-state index contributed by atoms with van der Waals surface area (Å²) in [5, 5.41) is 3.01. The number of nitrogens with one attached hydrogen (secondary N) is 1. The molecule has 0 saturated heterocycles. The fourth-order valence-electron chi connectivity index (χ4n) is 3.07. The number of anilines is 2. The van der Waals surface area contributed by atoms with Crippen molar-refractivity contribution in [1.82, 2.24) is 4.90 Å². The van der Waals surface area contributed by atoms with Crippen molar-refractivity contribution in [3.05, 3.63) is 23.8 Å². The maximum atomic E-state index is 12.9. The van der Waals surface area contributed by atoms with E-state index in [0.29, 0.717) is 24.3 Å². The van der Waals surface area contributed by atoms with Gasteiger partial charge in [-0.1, -0.05) is 26.7 Å². The summed E-state index contributed by atoms with van der Waals surface area (Å²) in [6, 6.07) is 5.58. The van der Waals surface area contributed by atoms with E-state index in [-0.39, 0.29) is 17.7 Å². The Bertz CT molecular complexity index is 595. The van der Waals surface area contributed by atoms with E-state index in [2.05, 4.69) is 12.2 Å². The molecule has 0 aliphatic carbocycles. The molecule has 0 aliphatic rings. The van der Waals surface area contributed by atoms with E-state index in [1.54, 1.807) is 11.0 Å². The van der Waals surface area contributed by atoms with Crippen molar-refractivity contribution >= 4 is 23.2 Å². The molecule has 146 valence electrons. The van der Waals surface area contributed by atoms with Crippen LogP contribution < -0.4 is 10.2 Å². The van der Waals surface area contributed by atoms with Crippen molar-refractivity contribution < 1.29 is 9.59 Å². The molecule has 1 atom stereocenters. The van der Waals surface area contributed by atoms with E-state index in [1.807, 2.05) is 51.9 Å². The number of nitrogens with zero attached hydrogens (tertiary/aromatic N) is 2. The predicted octanol–water partition coefficient (Wildman–Crippen LogP) is 4.39. The summed E-state index contributed by atoms with van der Waals surface area (Å²) >= 11 is 0. The maximum Gasteiger partial charge on any atom is 0.256 e. The van der Waals surface area contributed by atoms with Gasteiger partial charge in [0.2, 0.25) is 5.91 Å². The van der Waals surface area contributed by atoms with Crippen LogP contribution in [0.15, 0.2) is 18.2 Å². The van der Waals surface area contributed by atoms with Crippen LogP contribution >= 0.6 is 0 Å². The summed E-state index contributed by atoms with van der Waals surface area (Å²) in [5.74, 6) is 0.0537. The number of rotatable bonds is 10. The highest BCUT2D eigenvalue weighted by atomic mass is 16.2. The normalized spacial score (nSPS) is 11.8. The van der Waals surface area contributed by atoms with Gasteiger partial charge in [-0.2, -0.15) is 0 Å². The topological polar surface area (TPSA) is 52.7 Å². The molecule has 0 radical (unpaired) electrons. The molecule has 0 bridgehead atoms. The molecule has 0 aliphatic heterocycles. The zero-order valence-electron chi connectivity index (χ0n) is 17.3. The minimum atomic E-state index is -0.00664. The molecule has 0 aromatic heterocycles. The first-order chi connectivity index (χ1) is 12.4. The van der Waals surface area contributed by atoms with Crippen LogP contribution in [0.5, 0.6) is 0 Å². The highest BCUT2D eigenvalue weighted by molar-refractivity contribution is 6.02. The summed E-state index contributed by atoms with van der Waals surface area (Å²) in [7, 11) is 3.84. The van der Waals surface area contributed by atoms with Crippen molar-refractivity contribution in [2.24, 2.45) is 5.92 Å². The number of hydrogen-bond acceptors (Lipinski definition) is 3. The highest BCUT2D eigenvalue weighted by Crippen LogP contribution is 2.25. The smallest absolute Gasteiger partial charge is 0.256 e. The number of carbonyl (C=O) groups excluding carboxylic acids is 2. The van der Waals surface area contributed by atoms with Crippen LogP contribution in [0.2, 0.25) is 0 Å². The summed E-state index contributed by atoms with van der Waals surface area (Å²) in [6.07, 6.45) is 3.87. The zero-order valence-corrected chi connectivity index (χ0v) is 17.3. The molecule has 0 fully saturated rings. The van der Waals surface area contributed by atoms with Gasteiger partial charge in [0.1, 0.15) is 0 Å². The van der Waals surface area contributed by atoms with E-state index in [9.17, 15) is 9.59 Å². The Balaban J connectivity index is 3.09. The Kier molecular flexibility index (Phi) is 9.17. The lowest BCUT2D eigenvalue weighted by Gasteiger charge is -2.24. The lowest BCUT2D eigenvalue weighted by atomic mass is 9.98. The van der Waals surface area contributed by atoms with Gasteiger partial charge in [-0.3, -0.25) is 9.59 Å². The minimum absolute atomic E-state index is 0.00664. The van der Waals surface area contributed by atoms with Crippen LogP contribution in [0.4, 0.5) is 11.4 Å². The van der Waals surface area contributed by atoms with E-state index in [4.69, 9.17) is 0 Å². The van der Waals surface area contributed by atoms with Crippen LogP contribution in [0.25, 0.3) is 0 Å². The largest absolute Gasteiger partial charge is 0.377 e. The Labute approximate surface area is 158 Å². The van der Waals surface area contributed by atoms with Crippen LogP contribution in [0.1, 0.15) is 63.7 Å². The van der Waals surface area contributed by atoms with Crippen molar-refractivity contribution in [2.45, 2.75) is 53.4 Å². The summed E-state index contributed by atoms with van der Waals surface area (Å²) in [4.78, 5) is 29.2. The van der Waals surface area contributed by atoms with Gasteiger partial charge in [-0.05, 0) is 44.9 Å². The number of unbranched alkanes of at least 4 members (excludes halogenated alkanes) is 1. The van der Waals surface area contributed by atoms with E-state index < -0.39 is 0 Å². The molecule has 5 nitrogen and oxygen atoms in total. The van der Waals surface area contributed by atoms with Gasteiger partial charge in [0, 0.05) is 44.5 Å². The van der Waals surface area contributed by atoms with Gasteiger partial charge < -0.3 is 15.1 Å². The first-order valence-electron chi connectivity index (χ1n) is 9.80. The molecule has 0 spiro atoms. The molecular formula is C21H35N3O2. The Hall–Kier alpha value is -2.04. The fourth-order valence-corrected chi connectivity index (χ4v) is 3.07. The van der Waals surface area contributed by atoms with Crippen LogP contribution in [0.3, 0.4) is 0 Å². The SMILES string of the molecule is CCCCC(CC)C(=O)Nc1ccc(N(C)C)c(C(=O)N(CC)CC)c1. The fraction of sp³-hybridized carbons (Fsp3) is 0.619. The van der Waals surface area contributed by atoms with Crippen molar-refractivity contribution in [3.8, 4) is 0 Å². The van der Waals surface area contributed by atoms with Gasteiger partial charge in [0.25, 0.3) is 5.91 Å². The van der Waals surface area contributed by atoms with Crippen LogP contribution in [0, 0.1) is 5.92 Å². The van der Waals surface area contributed by atoms with Gasteiger partial charge in [0.15, 0.2) is 0 Å². The van der Waals surface area contributed by atoms with Crippen LogP contribution in [-0.2, 0) is 4.79 Å². The molecule has 1 aromatic carbocycles. The predicted molar refractivity (Wildman–Crippen MR) is 110 cm³/mol. The number of carbonyl (C=O) groups is 2. The molecule has 0 heterocycles. The maximum absolute atomic E-state index is 12.9. The summed E-state index contributed by atoms with van der Waals surface area (Å²) < 4.78 is 0. The summed E-state index contributed by atoms with van der Waals surface area (Å²) in [5.41, 5.74) is 2.17. The molecule has 1 unspecified atom stereocenters. The molecule has 1 rings (SSSR count). The average molecular weight is 362 g/mol. The Morgan fingerprint density at radius 3 is 2.23 bits per heavy atom. The quantitative estimate of drug-likeness (QED) is 0.672. The molecule has 1 aromatic rings. The van der Waals surface area contributed by atoms with Crippen molar-refractivity contribution in [3.63, 3.8) is 0 Å².